The first kappa shape index (κ1) is 17.0. The molecule has 2 aromatic heterocycles. The zero-order chi connectivity index (χ0) is 17.9. The van der Waals surface area contributed by atoms with Gasteiger partial charge in [0.15, 0.2) is 5.65 Å². The number of nitrogens with one attached hydrogen (secondary N) is 1. The van der Waals surface area contributed by atoms with Crippen molar-refractivity contribution in [2.45, 2.75) is 68.9 Å². The molecule has 0 aliphatic heterocycles. The lowest BCUT2D eigenvalue weighted by atomic mass is 9.76. The van der Waals surface area contributed by atoms with Gasteiger partial charge in [-0.3, -0.25) is 0 Å². The fraction of sp³-hybridized carbons (Fsp3) is 0.684. The summed E-state index contributed by atoms with van der Waals surface area (Å²) in [7, 11) is 0. The van der Waals surface area contributed by atoms with Crippen LogP contribution in [0.15, 0.2) is 10.7 Å². The maximum atomic E-state index is 10.1. The number of anilines is 1. The number of nitrogens with two attached hydrogens (primary N) is 1. The molecule has 26 heavy (non-hydrogen) atoms. The van der Waals surface area contributed by atoms with Gasteiger partial charge in [0, 0.05) is 29.7 Å². The molecule has 3 atom stereocenters. The quantitative estimate of drug-likeness (QED) is 0.711. The van der Waals surface area contributed by atoms with E-state index in [9.17, 15) is 5.11 Å². The van der Waals surface area contributed by atoms with Crippen LogP contribution < -0.4 is 11.1 Å². The minimum Gasteiger partial charge on any atom is -0.396 e. The summed E-state index contributed by atoms with van der Waals surface area (Å²) in [6, 6.07) is 0.670. The van der Waals surface area contributed by atoms with E-state index in [1.54, 1.807) is 0 Å². The van der Waals surface area contributed by atoms with Crippen LogP contribution >= 0.6 is 15.9 Å². The maximum Gasteiger partial charge on any atom is 0.171 e. The number of nitrogens with zero attached hydrogens (tertiary/aromatic N) is 3. The molecule has 1 spiro atoms. The van der Waals surface area contributed by atoms with E-state index in [1.807, 2.05) is 10.7 Å². The molecule has 7 heteroatoms. The second-order valence-corrected chi connectivity index (χ2v) is 9.23. The van der Waals surface area contributed by atoms with Gasteiger partial charge in [-0.15, -0.1) is 0 Å². The number of halogens is 1. The van der Waals surface area contributed by atoms with Gasteiger partial charge < -0.3 is 16.2 Å². The number of fused-ring (bicyclic) bond motifs is 3. The van der Waals surface area contributed by atoms with Crippen LogP contribution in [-0.2, 0) is 11.8 Å². The topological polar surface area (TPSA) is 88.5 Å². The summed E-state index contributed by atoms with van der Waals surface area (Å²) < 4.78 is 2.86. The van der Waals surface area contributed by atoms with E-state index >= 15 is 0 Å². The lowest BCUT2D eigenvalue weighted by molar-refractivity contribution is 0.162. The molecule has 0 aromatic carbocycles. The highest BCUT2D eigenvalue weighted by Crippen LogP contribution is 2.54. The first-order valence-electron chi connectivity index (χ1n) is 9.82. The molecule has 0 radical (unpaired) electrons. The van der Waals surface area contributed by atoms with Gasteiger partial charge in [0.2, 0.25) is 0 Å². The van der Waals surface area contributed by atoms with Gasteiger partial charge in [-0.1, -0.05) is 12.8 Å². The van der Waals surface area contributed by atoms with Gasteiger partial charge in [-0.2, -0.15) is 9.61 Å². The van der Waals surface area contributed by atoms with Gasteiger partial charge in [0.25, 0.3) is 0 Å². The Morgan fingerprint density at radius 3 is 2.85 bits per heavy atom. The van der Waals surface area contributed by atoms with Gasteiger partial charge in [-0.05, 0) is 60.4 Å². The molecule has 2 aromatic rings. The third-order valence-corrected chi connectivity index (χ3v) is 7.50. The van der Waals surface area contributed by atoms with Crippen molar-refractivity contribution in [1.29, 1.82) is 0 Å². The molecule has 3 aliphatic carbocycles. The SMILES string of the molecule is N[C@@H]1CC[C@@H](Nc2c3c(nc4c(Br)cnn24)C2(CCCC2)C(CO)C3)C1. The number of rotatable bonds is 3. The van der Waals surface area contributed by atoms with E-state index in [1.165, 1.54) is 24.1 Å². The summed E-state index contributed by atoms with van der Waals surface area (Å²) in [5.74, 6) is 1.33. The van der Waals surface area contributed by atoms with Crippen LogP contribution in [0.2, 0.25) is 0 Å². The molecule has 140 valence electrons. The van der Waals surface area contributed by atoms with Gasteiger partial charge in [-0.25, -0.2) is 4.98 Å². The highest BCUT2D eigenvalue weighted by Gasteiger charge is 2.50. The second kappa shape index (κ2) is 6.17. The molecule has 2 fully saturated rings. The minimum absolute atomic E-state index is 0.0397. The van der Waals surface area contributed by atoms with Crippen molar-refractivity contribution in [3.63, 3.8) is 0 Å². The van der Waals surface area contributed by atoms with Crippen LogP contribution in [0.5, 0.6) is 0 Å². The predicted octanol–water partition coefficient (Wildman–Crippen LogP) is 2.76. The van der Waals surface area contributed by atoms with Crippen LogP contribution in [0.3, 0.4) is 0 Å². The Morgan fingerprint density at radius 2 is 2.15 bits per heavy atom. The molecule has 0 bridgehead atoms. The molecule has 4 N–H and O–H groups in total. The van der Waals surface area contributed by atoms with E-state index in [0.717, 1.165) is 54.5 Å². The van der Waals surface area contributed by atoms with Crippen molar-refractivity contribution < 1.29 is 5.11 Å². The molecule has 6 nitrogen and oxygen atoms in total. The maximum absolute atomic E-state index is 10.1. The average molecular weight is 420 g/mol. The Kier molecular flexibility index (Phi) is 4.03. The first-order valence-corrected chi connectivity index (χ1v) is 10.6. The van der Waals surface area contributed by atoms with E-state index in [-0.39, 0.29) is 24.0 Å². The van der Waals surface area contributed by atoms with Gasteiger partial charge in [0.1, 0.15) is 5.82 Å². The molecule has 0 amide bonds. The zero-order valence-corrected chi connectivity index (χ0v) is 16.5. The number of aliphatic hydroxyl groups is 1. The molecule has 1 unspecified atom stereocenters. The third-order valence-electron chi connectivity index (χ3n) is 6.94. The lowest BCUT2D eigenvalue weighted by Gasteiger charge is -2.30. The molecular formula is C19H26BrN5O. The normalized spacial score (nSPS) is 29.7. The van der Waals surface area contributed by atoms with Crippen molar-refractivity contribution in [2.75, 3.05) is 11.9 Å². The summed E-state index contributed by atoms with van der Waals surface area (Å²) in [6.45, 7) is 0.230. The predicted molar refractivity (Wildman–Crippen MR) is 104 cm³/mol. The zero-order valence-electron chi connectivity index (χ0n) is 14.9. The van der Waals surface area contributed by atoms with Gasteiger partial charge >= 0.3 is 0 Å². The summed E-state index contributed by atoms with van der Waals surface area (Å²) in [5.41, 5.74) is 9.50. The number of aliphatic hydroxyl groups excluding tert-OH is 1. The molecule has 2 saturated carbocycles. The van der Waals surface area contributed by atoms with Crippen LogP contribution in [0, 0.1) is 5.92 Å². The first-order chi connectivity index (χ1) is 12.6. The summed E-state index contributed by atoms with van der Waals surface area (Å²) in [4.78, 5) is 5.08. The number of hydrogen-bond acceptors (Lipinski definition) is 5. The van der Waals surface area contributed by atoms with E-state index in [2.05, 4.69) is 26.3 Å². The summed E-state index contributed by atoms with van der Waals surface area (Å²) >= 11 is 3.62. The largest absolute Gasteiger partial charge is 0.396 e. The number of aromatic nitrogens is 3. The van der Waals surface area contributed by atoms with E-state index < -0.39 is 0 Å². The Morgan fingerprint density at radius 1 is 1.35 bits per heavy atom. The monoisotopic (exact) mass is 419 g/mol. The standard InChI is InChI=1S/C19H26BrN5O/c20-15-9-22-25-17(23-13-4-3-12(21)8-13)14-7-11(10-26)19(5-1-2-6-19)16(14)24-18(15)25/h9,11-13,23,26H,1-8,10,21H2/t11?,12-,13-/m1/s1. The Bertz CT molecular complexity index is 844. The highest BCUT2D eigenvalue weighted by molar-refractivity contribution is 9.10. The van der Waals surface area contributed by atoms with Crippen LogP contribution in [0.1, 0.15) is 56.2 Å². The average Bonchev–Trinajstić information content (AvgIpc) is 3.39. The molecule has 2 heterocycles. The summed E-state index contributed by atoms with van der Waals surface area (Å²) in [5, 5.41) is 18.5. The van der Waals surface area contributed by atoms with Gasteiger partial charge in [0.05, 0.1) is 16.4 Å². The van der Waals surface area contributed by atoms with Crippen LogP contribution in [0.25, 0.3) is 5.65 Å². The van der Waals surface area contributed by atoms with Crippen molar-refractivity contribution in [1.82, 2.24) is 14.6 Å². The highest BCUT2D eigenvalue weighted by atomic mass is 79.9. The Hall–Kier alpha value is -1.18. The Balaban J connectivity index is 1.67. The van der Waals surface area contributed by atoms with E-state index in [4.69, 9.17) is 10.7 Å². The van der Waals surface area contributed by atoms with Crippen molar-refractivity contribution >= 4 is 27.4 Å². The van der Waals surface area contributed by atoms with E-state index in [0.29, 0.717) is 6.04 Å². The van der Waals surface area contributed by atoms with Crippen LogP contribution in [-0.4, -0.2) is 38.4 Å². The van der Waals surface area contributed by atoms with Crippen LogP contribution in [0.4, 0.5) is 5.82 Å². The fourth-order valence-corrected chi connectivity index (χ4v) is 5.97. The lowest BCUT2D eigenvalue weighted by Crippen LogP contribution is -2.31. The van der Waals surface area contributed by atoms with Crippen molar-refractivity contribution in [3.8, 4) is 0 Å². The molecule has 5 rings (SSSR count). The number of hydrogen-bond donors (Lipinski definition) is 3. The molecule has 0 saturated heterocycles. The van der Waals surface area contributed by atoms with Crippen molar-refractivity contribution in [3.05, 3.63) is 21.9 Å². The Labute approximate surface area is 161 Å². The molecular weight excluding hydrogens is 394 g/mol. The van der Waals surface area contributed by atoms with Crippen molar-refractivity contribution in [2.24, 2.45) is 11.7 Å². The smallest absolute Gasteiger partial charge is 0.171 e. The third kappa shape index (κ3) is 2.36. The second-order valence-electron chi connectivity index (χ2n) is 8.38. The minimum atomic E-state index is 0.0397. The summed E-state index contributed by atoms with van der Waals surface area (Å²) in [6.07, 6.45) is 10.6. The molecule has 3 aliphatic rings. The fourth-order valence-electron chi connectivity index (χ4n) is 5.62.